The fraction of sp³-hybridized carbons (Fsp3) is 0.150. The second-order valence-electron chi connectivity index (χ2n) is 5.70. The van der Waals surface area contributed by atoms with E-state index < -0.39 is 12.5 Å². The normalized spacial score (nSPS) is 10.7. The van der Waals surface area contributed by atoms with Crippen LogP contribution in [0.25, 0.3) is 0 Å². The van der Waals surface area contributed by atoms with Crippen molar-refractivity contribution in [1.82, 2.24) is 0 Å². The summed E-state index contributed by atoms with van der Waals surface area (Å²) >= 11 is 1.25. The van der Waals surface area contributed by atoms with Crippen molar-refractivity contribution in [2.75, 3.05) is 5.32 Å². The number of ether oxygens (including phenoxy) is 2. The maximum atomic E-state index is 12.5. The van der Waals surface area contributed by atoms with Gasteiger partial charge in [0, 0.05) is 5.56 Å². The molecule has 0 bridgehead atoms. The number of amides is 1. The molecule has 0 spiro atoms. The highest BCUT2D eigenvalue weighted by atomic mass is 32.1. The number of halogens is 2. The molecule has 4 nitrogen and oxygen atoms in total. The highest BCUT2D eigenvalue weighted by molar-refractivity contribution is 7.12. The number of benzene rings is 2. The van der Waals surface area contributed by atoms with Crippen LogP contribution in [0.3, 0.4) is 0 Å². The van der Waals surface area contributed by atoms with Gasteiger partial charge in [-0.2, -0.15) is 8.78 Å². The van der Waals surface area contributed by atoms with Crippen LogP contribution in [0, 0.1) is 6.92 Å². The van der Waals surface area contributed by atoms with Gasteiger partial charge >= 0.3 is 6.61 Å². The van der Waals surface area contributed by atoms with Crippen LogP contribution in [0.4, 0.5) is 14.5 Å². The van der Waals surface area contributed by atoms with Gasteiger partial charge in [0.05, 0.1) is 10.6 Å². The first-order valence-electron chi connectivity index (χ1n) is 8.14. The van der Waals surface area contributed by atoms with Crippen LogP contribution in [-0.2, 0) is 6.61 Å². The fourth-order valence-corrected chi connectivity index (χ4v) is 3.19. The summed E-state index contributed by atoms with van der Waals surface area (Å²) in [5.74, 6) is 0.306. The van der Waals surface area contributed by atoms with Crippen LogP contribution >= 0.6 is 11.3 Å². The number of thiophene rings is 1. The molecular formula is C20H17F2NO3S. The van der Waals surface area contributed by atoms with E-state index >= 15 is 0 Å². The number of rotatable bonds is 7. The lowest BCUT2D eigenvalue weighted by molar-refractivity contribution is -0.0493. The molecule has 27 heavy (non-hydrogen) atoms. The van der Waals surface area contributed by atoms with Crippen LogP contribution in [-0.4, -0.2) is 12.5 Å². The molecule has 1 aromatic heterocycles. The molecule has 0 atom stereocenters. The number of anilines is 1. The van der Waals surface area contributed by atoms with Crippen LogP contribution < -0.4 is 14.8 Å². The number of alkyl halides is 2. The van der Waals surface area contributed by atoms with E-state index in [1.54, 1.807) is 18.2 Å². The predicted molar refractivity (Wildman–Crippen MR) is 101 cm³/mol. The lowest BCUT2D eigenvalue weighted by Gasteiger charge is -2.11. The molecule has 2 aromatic carbocycles. The SMILES string of the molecule is Cc1ccccc1OCc1csc(C(=O)Nc2ccccc2OC(F)F)c1. The molecular weight excluding hydrogens is 372 g/mol. The molecule has 0 unspecified atom stereocenters. The first-order chi connectivity index (χ1) is 13.0. The van der Waals surface area contributed by atoms with Gasteiger partial charge in [-0.1, -0.05) is 30.3 Å². The Morgan fingerprint density at radius 3 is 2.56 bits per heavy atom. The van der Waals surface area contributed by atoms with Crippen LogP contribution in [0.1, 0.15) is 20.8 Å². The summed E-state index contributed by atoms with van der Waals surface area (Å²) in [5.41, 5.74) is 2.07. The van der Waals surface area contributed by atoms with E-state index in [9.17, 15) is 13.6 Å². The van der Waals surface area contributed by atoms with Gasteiger partial charge in [-0.15, -0.1) is 11.3 Å². The molecule has 0 fully saturated rings. The summed E-state index contributed by atoms with van der Waals surface area (Å²) in [5, 5.41) is 4.43. The molecule has 3 aromatic rings. The van der Waals surface area contributed by atoms with Crippen molar-refractivity contribution < 1.29 is 23.0 Å². The third-order valence-corrected chi connectivity index (χ3v) is 4.69. The Morgan fingerprint density at radius 2 is 1.81 bits per heavy atom. The van der Waals surface area contributed by atoms with Crippen molar-refractivity contribution in [2.24, 2.45) is 0 Å². The van der Waals surface area contributed by atoms with Crippen molar-refractivity contribution in [3.63, 3.8) is 0 Å². The molecule has 140 valence electrons. The highest BCUT2D eigenvalue weighted by Gasteiger charge is 2.14. The Hall–Kier alpha value is -2.93. The summed E-state index contributed by atoms with van der Waals surface area (Å²) < 4.78 is 35.1. The summed E-state index contributed by atoms with van der Waals surface area (Å²) in [6, 6.07) is 15.5. The molecule has 1 heterocycles. The van der Waals surface area contributed by atoms with E-state index in [-0.39, 0.29) is 11.4 Å². The van der Waals surface area contributed by atoms with Crippen LogP contribution in [0.15, 0.2) is 60.0 Å². The molecule has 0 aliphatic heterocycles. The van der Waals surface area contributed by atoms with E-state index in [0.29, 0.717) is 11.5 Å². The zero-order chi connectivity index (χ0) is 19.2. The molecule has 1 amide bonds. The summed E-state index contributed by atoms with van der Waals surface area (Å²) in [7, 11) is 0. The topological polar surface area (TPSA) is 47.6 Å². The minimum atomic E-state index is -2.96. The van der Waals surface area contributed by atoms with Crippen molar-refractivity contribution in [3.8, 4) is 11.5 Å². The van der Waals surface area contributed by atoms with Gasteiger partial charge in [-0.3, -0.25) is 4.79 Å². The van der Waals surface area contributed by atoms with Gasteiger partial charge < -0.3 is 14.8 Å². The Bertz CT molecular complexity index is 927. The van der Waals surface area contributed by atoms with E-state index in [2.05, 4.69) is 10.1 Å². The lowest BCUT2D eigenvalue weighted by atomic mass is 10.2. The molecule has 7 heteroatoms. The van der Waals surface area contributed by atoms with Gasteiger partial charge in [-0.05, 0) is 42.1 Å². The van der Waals surface area contributed by atoms with E-state index in [0.717, 1.165) is 16.9 Å². The number of nitrogens with one attached hydrogen (secondary N) is 1. The molecule has 1 N–H and O–H groups in total. The average Bonchev–Trinajstić information content (AvgIpc) is 3.11. The van der Waals surface area contributed by atoms with Gasteiger partial charge in [0.15, 0.2) is 0 Å². The smallest absolute Gasteiger partial charge is 0.387 e. The second kappa shape index (κ2) is 8.64. The lowest BCUT2D eigenvalue weighted by Crippen LogP contribution is -2.12. The zero-order valence-corrected chi connectivity index (χ0v) is 15.3. The maximum absolute atomic E-state index is 12.5. The predicted octanol–water partition coefficient (Wildman–Crippen LogP) is 5.49. The van der Waals surface area contributed by atoms with Crippen molar-refractivity contribution in [1.29, 1.82) is 0 Å². The van der Waals surface area contributed by atoms with E-state index in [4.69, 9.17) is 4.74 Å². The van der Waals surface area contributed by atoms with Crippen molar-refractivity contribution >= 4 is 22.9 Å². The van der Waals surface area contributed by atoms with Crippen LogP contribution in [0.2, 0.25) is 0 Å². The summed E-state index contributed by atoms with van der Waals surface area (Å²) in [6.45, 7) is -0.671. The number of para-hydroxylation sites is 3. The monoisotopic (exact) mass is 389 g/mol. The minimum Gasteiger partial charge on any atom is -0.489 e. The molecule has 3 rings (SSSR count). The van der Waals surface area contributed by atoms with Crippen molar-refractivity contribution in [2.45, 2.75) is 20.1 Å². The Labute approximate surface area is 159 Å². The minimum absolute atomic E-state index is 0.0829. The molecule has 0 aliphatic rings. The number of hydrogen-bond acceptors (Lipinski definition) is 4. The van der Waals surface area contributed by atoms with Gasteiger partial charge in [0.2, 0.25) is 0 Å². The molecule has 0 saturated heterocycles. The maximum Gasteiger partial charge on any atom is 0.387 e. The number of hydrogen-bond donors (Lipinski definition) is 1. The standard InChI is InChI=1S/C20H17F2NO3S/c1-13-6-2-4-8-16(13)25-11-14-10-18(27-12-14)19(24)23-15-7-3-5-9-17(15)26-20(21)22/h2-10,12,20H,11H2,1H3,(H,23,24). The zero-order valence-electron chi connectivity index (χ0n) is 14.4. The van der Waals surface area contributed by atoms with Gasteiger partial charge in [0.25, 0.3) is 5.91 Å². The highest BCUT2D eigenvalue weighted by Crippen LogP contribution is 2.27. The molecule has 0 saturated carbocycles. The Morgan fingerprint density at radius 1 is 1.11 bits per heavy atom. The number of aryl methyl sites for hydroxylation is 1. The second-order valence-corrected chi connectivity index (χ2v) is 6.61. The third kappa shape index (κ3) is 5.04. The Balaban J connectivity index is 1.64. The first kappa shape index (κ1) is 18.8. The van der Waals surface area contributed by atoms with Gasteiger partial charge in [0.1, 0.15) is 18.1 Å². The largest absolute Gasteiger partial charge is 0.489 e. The van der Waals surface area contributed by atoms with E-state index in [1.165, 1.54) is 23.5 Å². The van der Waals surface area contributed by atoms with Crippen LogP contribution in [0.5, 0.6) is 11.5 Å². The average molecular weight is 389 g/mol. The summed E-state index contributed by atoms with van der Waals surface area (Å²) in [6.07, 6.45) is 0. The third-order valence-electron chi connectivity index (χ3n) is 3.72. The molecule has 0 aliphatic carbocycles. The van der Waals surface area contributed by atoms with E-state index in [1.807, 2.05) is 36.6 Å². The number of carbonyl (C=O) groups excluding carboxylic acids is 1. The molecule has 0 radical (unpaired) electrons. The quantitative estimate of drug-likeness (QED) is 0.581. The fourth-order valence-electron chi connectivity index (χ4n) is 2.40. The Kier molecular flexibility index (Phi) is 6.03. The van der Waals surface area contributed by atoms with Gasteiger partial charge in [-0.25, -0.2) is 0 Å². The van der Waals surface area contributed by atoms with Crippen molar-refractivity contribution in [3.05, 3.63) is 76.0 Å². The number of carbonyl (C=O) groups is 1. The summed E-state index contributed by atoms with van der Waals surface area (Å²) in [4.78, 5) is 12.9. The first-order valence-corrected chi connectivity index (χ1v) is 9.02.